The molecule has 322 valence electrons. The van der Waals surface area contributed by atoms with Gasteiger partial charge in [-0.3, -0.25) is 9.59 Å². The number of hydrogen-bond acceptors (Lipinski definition) is 8. The van der Waals surface area contributed by atoms with Crippen molar-refractivity contribution in [2.75, 3.05) is 35.4 Å². The molecule has 1 N–H and O–H groups in total. The molecule has 1 saturated carbocycles. The second kappa shape index (κ2) is 17.0. The first-order chi connectivity index (χ1) is 28.4. The van der Waals surface area contributed by atoms with E-state index < -0.39 is 64.9 Å². The second-order valence-corrected chi connectivity index (χ2v) is 22.8. The molecule has 60 heavy (non-hydrogen) atoms. The number of aliphatic hydroxyl groups excluding tert-OH is 1. The average molecular weight is 840 g/mol. The van der Waals surface area contributed by atoms with Gasteiger partial charge >= 0.3 is 12.2 Å². The van der Waals surface area contributed by atoms with E-state index in [0.717, 1.165) is 66.8 Å². The van der Waals surface area contributed by atoms with E-state index in [-0.39, 0.29) is 11.6 Å². The molecule has 4 atom stereocenters. The molecule has 6 rings (SSSR count). The van der Waals surface area contributed by atoms with Crippen LogP contribution in [0, 0.1) is 0 Å². The van der Waals surface area contributed by atoms with Crippen molar-refractivity contribution in [3.05, 3.63) is 107 Å². The summed E-state index contributed by atoms with van der Waals surface area (Å²) in [6, 6.07) is 23.8. The van der Waals surface area contributed by atoms with Gasteiger partial charge in [0.05, 0.1) is 42.5 Å². The fourth-order valence-electron chi connectivity index (χ4n) is 10.4. The first kappa shape index (κ1) is 44.9. The van der Waals surface area contributed by atoms with Crippen LogP contribution in [0.2, 0.25) is 0 Å². The Hall–Kier alpha value is -4.69. The Morgan fingerprint density at radius 2 is 1.05 bits per heavy atom. The molecule has 0 aromatic heterocycles. The third kappa shape index (κ3) is 7.10. The van der Waals surface area contributed by atoms with Crippen molar-refractivity contribution in [1.82, 2.24) is 0 Å². The van der Waals surface area contributed by atoms with Gasteiger partial charge in [0.25, 0.3) is 11.9 Å². The van der Waals surface area contributed by atoms with Crippen molar-refractivity contribution in [3.8, 4) is 0 Å². The monoisotopic (exact) mass is 839 g/mol. The predicted molar refractivity (Wildman–Crippen MR) is 240 cm³/mol. The summed E-state index contributed by atoms with van der Waals surface area (Å²) in [5.41, 5.74) is -3.97. The van der Waals surface area contributed by atoms with Crippen LogP contribution in [0.25, 0.3) is 0 Å². The molecule has 4 unspecified atom stereocenters. The summed E-state index contributed by atoms with van der Waals surface area (Å²) in [6.45, 7) is 17.0. The molecule has 3 aromatic rings. The first-order valence-corrected chi connectivity index (χ1v) is 24.1. The number of carbonyl (C=O) groups is 4. The lowest BCUT2D eigenvalue weighted by Gasteiger charge is -2.46. The number of nitrogens with zero attached hydrogens (tertiary/aromatic N) is 2. The molecule has 0 radical (unpaired) electrons. The lowest BCUT2D eigenvalue weighted by atomic mass is 9.55. The number of unbranched alkanes of at least 4 members (excludes halogenated alkanes) is 3. The topological polar surface area (TPSA) is 123 Å². The average Bonchev–Trinajstić information content (AvgIpc) is 3.75. The molecule has 3 aromatic carbocycles. The molecule has 10 nitrogen and oxygen atoms in total. The zero-order valence-electron chi connectivity index (χ0n) is 37.2. The maximum absolute atomic E-state index is 16.9. The van der Waals surface area contributed by atoms with Crippen molar-refractivity contribution in [2.45, 2.75) is 134 Å². The molecule has 3 aliphatic rings. The number of allylic oxidation sites excluding steroid dienone is 1. The molecular weight excluding hydrogens is 776 g/mol. The zero-order valence-corrected chi connectivity index (χ0v) is 38.1. The standard InChI is InChI=1S/C49H63N2O8P/c1-11-14-30-60(31-15-12-2,32-16-13-3)40-38(41(52)57-10)39(33-24-18-17-19-25-33)48(34-26-20-22-28-36(34)50(42(48)53)44(55)58-46(4,5)6)49(40)35-27-21-23-29-37(35)51(43(49)54)45(56)59-47(7,8)9/h17-29,39-40H,11-16,30-32H2,1-10H3/p+1/b41-38-. The van der Waals surface area contributed by atoms with Gasteiger partial charge in [-0.1, -0.05) is 107 Å². The van der Waals surface area contributed by atoms with Crippen molar-refractivity contribution in [3.63, 3.8) is 0 Å². The number of methoxy groups -OCH3 is 1. The number of ether oxygens (including phenoxy) is 3. The van der Waals surface area contributed by atoms with Crippen molar-refractivity contribution >= 4 is 42.6 Å². The molecule has 2 spiro atoms. The van der Waals surface area contributed by atoms with E-state index in [1.54, 1.807) is 65.8 Å². The van der Waals surface area contributed by atoms with Crippen LogP contribution in [0.3, 0.4) is 0 Å². The smallest absolute Gasteiger partial charge is 0.421 e. The van der Waals surface area contributed by atoms with Gasteiger partial charge in [-0.25, -0.2) is 19.4 Å². The number of fused-ring (bicyclic) bond motifs is 5. The molecule has 2 aliphatic heterocycles. The minimum atomic E-state index is -2.56. The number of imide groups is 2. The SMILES string of the molecule is CCCC[P+](CCCC)(CCCC)C1/C(=C(/O)OC)C(c2ccccc2)C2(C(=O)N(C(=O)OC(C)(C)C)c3ccccc32)C12C(=O)N(C(=O)OC(C)(C)C)c1ccccc12. The molecule has 11 heteroatoms. The van der Waals surface area contributed by atoms with Crippen LogP contribution in [0.1, 0.15) is 123 Å². The van der Waals surface area contributed by atoms with Crippen LogP contribution in [0.5, 0.6) is 0 Å². The van der Waals surface area contributed by atoms with Crippen LogP contribution in [0.15, 0.2) is 90.4 Å². The van der Waals surface area contributed by atoms with Crippen molar-refractivity contribution in [2.24, 2.45) is 0 Å². The number of amides is 4. The number of anilines is 2. The Labute approximate surface area is 357 Å². The van der Waals surface area contributed by atoms with E-state index in [9.17, 15) is 14.7 Å². The highest BCUT2D eigenvalue weighted by Gasteiger charge is 2.86. The molecule has 2 heterocycles. The Bertz CT molecular complexity index is 2120. The number of hydrogen-bond donors (Lipinski definition) is 1. The third-order valence-corrected chi connectivity index (χ3v) is 17.8. The maximum Gasteiger partial charge on any atom is 0.421 e. The maximum atomic E-state index is 16.9. The molecule has 1 aliphatic carbocycles. The number of carbonyl (C=O) groups excluding carboxylic acids is 4. The molecule has 0 saturated heterocycles. The summed E-state index contributed by atoms with van der Waals surface area (Å²) >= 11 is 0. The van der Waals surface area contributed by atoms with Crippen molar-refractivity contribution in [1.29, 1.82) is 0 Å². The van der Waals surface area contributed by atoms with Crippen LogP contribution in [0.4, 0.5) is 21.0 Å². The van der Waals surface area contributed by atoms with Crippen LogP contribution in [-0.4, -0.2) is 71.6 Å². The van der Waals surface area contributed by atoms with E-state index in [2.05, 4.69) is 20.8 Å². The van der Waals surface area contributed by atoms with E-state index in [1.165, 1.54) is 7.11 Å². The minimum Gasteiger partial charge on any atom is -0.481 e. The lowest BCUT2D eigenvalue weighted by molar-refractivity contribution is -0.133. The summed E-state index contributed by atoms with van der Waals surface area (Å²) in [7, 11) is -1.14. The van der Waals surface area contributed by atoms with E-state index in [1.807, 2.05) is 54.6 Å². The van der Waals surface area contributed by atoms with Gasteiger partial charge in [0.15, 0.2) is 0 Å². The summed E-state index contributed by atoms with van der Waals surface area (Å²) < 4.78 is 18.1. The quantitative estimate of drug-likeness (QED) is 0.141. The van der Waals surface area contributed by atoms with Crippen LogP contribution >= 0.6 is 7.26 Å². The van der Waals surface area contributed by atoms with Gasteiger partial charge in [-0.05, 0) is 89.6 Å². The van der Waals surface area contributed by atoms with Gasteiger partial charge in [0, 0.05) is 13.2 Å². The molecular formula is C49H64N2O8P+. The summed E-state index contributed by atoms with van der Waals surface area (Å²) in [4.78, 5) is 65.2. The molecule has 0 bridgehead atoms. The van der Waals surface area contributed by atoms with E-state index in [0.29, 0.717) is 28.0 Å². The van der Waals surface area contributed by atoms with Gasteiger partial charge < -0.3 is 19.3 Å². The summed E-state index contributed by atoms with van der Waals surface area (Å²) in [6.07, 6.45) is 5.85. The van der Waals surface area contributed by atoms with Gasteiger partial charge in [-0.15, -0.1) is 0 Å². The Kier molecular flexibility index (Phi) is 12.7. The largest absolute Gasteiger partial charge is 0.481 e. The third-order valence-electron chi connectivity index (χ3n) is 12.4. The minimum absolute atomic E-state index is 0.287. The predicted octanol–water partition coefficient (Wildman–Crippen LogP) is 11.4. The van der Waals surface area contributed by atoms with Crippen molar-refractivity contribution < 1.29 is 38.5 Å². The number of aliphatic hydroxyl groups is 1. The summed E-state index contributed by atoms with van der Waals surface area (Å²) in [5, 5.41) is 12.7. The van der Waals surface area contributed by atoms with Crippen LogP contribution in [-0.2, 0) is 34.6 Å². The second-order valence-electron chi connectivity index (χ2n) is 18.6. The lowest BCUT2D eigenvalue weighted by Crippen LogP contribution is -2.63. The Morgan fingerprint density at radius 1 is 0.650 bits per heavy atom. The Balaban J connectivity index is 1.92. The van der Waals surface area contributed by atoms with E-state index >= 15 is 9.59 Å². The number of para-hydroxylation sites is 2. The number of benzene rings is 3. The highest BCUT2D eigenvalue weighted by Crippen LogP contribution is 2.83. The highest BCUT2D eigenvalue weighted by atomic mass is 31.2. The molecule has 4 amide bonds. The number of rotatable bonds is 12. The fourth-order valence-corrected chi connectivity index (χ4v) is 16.8. The van der Waals surface area contributed by atoms with Crippen LogP contribution < -0.4 is 9.80 Å². The highest BCUT2D eigenvalue weighted by molar-refractivity contribution is 7.77. The first-order valence-electron chi connectivity index (χ1n) is 21.6. The summed E-state index contributed by atoms with van der Waals surface area (Å²) in [5.74, 6) is -2.68. The van der Waals surface area contributed by atoms with Gasteiger partial charge in [0.1, 0.15) is 27.7 Å². The van der Waals surface area contributed by atoms with E-state index in [4.69, 9.17) is 14.2 Å². The zero-order chi connectivity index (χ0) is 43.8. The normalized spacial score (nSPS) is 23.3. The Morgan fingerprint density at radius 3 is 1.47 bits per heavy atom. The fraction of sp³-hybridized carbons (Fsp3) is 0.510. The van der Waals surface area contributed by atoms with Gasteiger partial charge in [0.2, 0.25) is 5.91 Å². The molecule has 1 fully saturated rings. The van der Waals surface area contributed by atoms with Gasteiger partial charge in [-0.2, -0.15) is 0 Å².